The van der Waals surface area contributed by atoms with Crippen LogP contribution in [0.2, 0.25) is 0 Å². The number of hydrogen-bond donors (Lipinski definition) is 1. The summed E-state index contributed by atoms with van der Waals surface area (Å²) in [7, 11) is 3.56. The van der Waals surface area contributed by atoms with Crippen LogP contribution >= 0.6 is 0 Å². The van der Waals surface area contributed by atoms with Crippen molar-refractivity contribution in [2.75, 3.05) is 40.3 Å². The molecule has 1 saturated heterocycles. The summed E-state index contributed by atoms with van der Waals surface area (Å²) < 4.78 is 5.63. The normalized spacial score (nSPS) is 23.4. The molecule has 1 heterocycles. The lowest BCUT2D eigenvalue weighted by Crippen LogP contribution is -2.51. The number of carbonyl (C=O) groups is 1. The van der Waals surface area contributed by atoms with Crippen LogP contribution in [0, 0.1) is 0 Å². The zero-order valence-corrected chi connectivity index (χ0v) is 11.2. The monoisotopic (exact) mass is 243 g/mol. The second-order valence-corrected chi connectivity index (χ2v) is 4.78. The Hall–Kier alpha value is -0.650. The van der Waals surface area contributed by atoms with E-state index >= 15 is 0 Å². The molecule has 1 rings (SSSR count). The highest BCUT2D eigenvalue weighted by Gasteiger charge is 2.26. The molecular weight excluding hydrogens is 218 g/mol. The van der Waals surface area contributed by atoms with Gasteiger partial charge in [0.25, 0.3) is 0 Å². The third kappa shape index (κ3) is 4.26. The first kappa shape index (κ1) is 14.4. The van der Waals surface area contributed by atoms with Crippen LogP contribution in [-0.4, -0.2) is 68.2 Å². The van der Waals surface area contributed by atoms with Gasteiger partial charge in [0.2, 0.25) is 5.91 Å². The minimum Gasteiger partial charge on any atom is -0.376 e. The van der Waals surface area contributed by atoms with Crippen molar-refractivity contribution >= 4 is 5.91 Å². The summed E-state index contributed by atoms with van der Waals surface area (Å²) in [6.07, 6.45) is 1.79. The van der Waals surface area contributed by atoms with E-state index in [2.05, 4.69) is 11.8 Å². The number of hydrogen-bond acceptors (Lipinski definition) is 4. The Kier molecular flexibility index (Phi) is 5.88. The highest BCUT2D eigenvalue weighted by atomic mass is 16.5. The highest BCUT2D eigenvalue weighted by Crippen LogP contribution is 2.13. The Morgan fingerprint density at radius 3 is 2.82 bits per heavy atom. The average molecular weight is 243 g/mol. The third-order valence-corrected chi connectivity index (χ3v) is 3.32. The van der Waals surface area contributed by atoms with E-state index in [1.165, 1.54) is 0 Å². The molecule has 1 aliphatic rings. The van der Waals surface area contributed by atoms with Crippen LogP contribution in [0.15, 0.2) is 0 Å². The summed E-state index contributed by atoms with van der Waals surface area (Å²) in [4.78, 5) is 15.6. The fourth-order valence-electron chi connectivity index (χ4n) is 2.07. The summed E-state index contributed by atoms with van der Waals surface area (Å²) in [5.74, 6) is 0.139. The zero-order chi connectivity index (χ0) is 12.8. The Morgan fingerprint density at radius 2 is 2.29 bits per heavy atom. The van der Waals surface area contributed by atoms with Gasteiger partial charge in [-0.25, -0.2) is 0 Å². The maximum Gasteiger partial charge on any atom is 0.223 e. The van der Waals surface area contributed by atoms with Gasteiger partial charge < -0.3 is 15.4 Å². The Balaban J connectivity index is 2.51. The maximum absolute atomic E-state index is 11.7. The zero-order valence-electron chi connectivity index (χ0n) is 11.2. The van der Waals surface area contributed by atoms with Crippen molar-refractivity contribution in [3.05, 3.63) is 0 Å². The molecule has 5 nitrogen and oxygen atoms in total. The molecule has 0 radical (unpaired) electrons. The summed E-state index contributed by atoms with van der Waals surface area (Å²) in [6, 6.07) is 0.142. The van der Waals surface area contributed by atoms with Gasteiger partial charge in [0, 0.05) is 46.2 Å². The van der Waals surface area contributed by atoms with Gasteiger partial charge in [-0.15, -0.1) is 0 Å². The fraction of sp³-hybridized carbons (Fsp3) is 0.917. The summed E-state index contributed by atoms with van der Waals surface area (Å²) in [6.45, 7) is 5.15. The third-order valence-electron chi connectivity index (χ3n) is 3.32. The Labute approximate surface area is 104 Å². The van der Waals surface area contributed by atoms with Crippen LogP contribution in [0.3, 0.4) is 0 Å². The van der Waals surface area contributed by atoms with E-state index in [-0.39, 0.29) is 18.1 Å². The minimum absolute atomic E-state index is 0.139. The van der Waals surface area contributed by atoms with Crippen molar-refractivity contribution in [2.45, 2.75) is 31.9 Å². The van der Waals surface area contributed by atoms with Crippen molar-refractivity contribution in [3.63, 3.8) is 0 Å². The average Bonchev–Trinajstić information content (AvgIpc) is 2.35. The largest absolute Gasteiger partial charge is 0.376 e. The quantitative estimate of drug-likeness (QED) is 0.733. The first-order valence-electron chi connectivity index (χ1n) is 6.34. The van der Waals surface area contributed by atoms with Crippen molar-refractivity contribution < 1.29 is 9.53 Å². The molecule has 0 bridgehead atoms. The van der Waals surface area contributed by atoms with Crippen LogP contribution in [0.4, 0.5) is 0 Å². The van der Waals surface area contributed by atoms with Crippen molar-refractivity contribution in [3.8, 4) is 0 Å². The van der Waals surface area contributed by atoms with Gasteiger partial charge in [-0.05, 0) is 6.42 Å². The van der Waals surface area contributed by atoms with Crippen LogP contribution in [0.5, 0.6) is 0 Å². The highest BCUT2D eigenvalue weighted by molar-refractivity contribution is 5.76. The molecule has 1 amide bonds. The molecule has 2 N–H and O–H groups in total. The number of nitrogens with two attached hydrogens (primary N) is 1. The minimum atomic E-state index is 0.139. The molecule has 0 spiro atoms. The van der Waals surface area contributed by atoms with Crippen LogP contribution in [-0.2, 0) is 9.53 Å². The molecule has 5 heteroatoms. The number of amides is 1. The lowest BCUT2D eigenvalue weighted by Gasteiger charge is -2.37. The van der Waals surface area contributed by atoms with Gasteiger partial charge >= 0.3 is 0 Å². The van der Waals surface area contributed by atoms with Crippen molar-refractivity contribution in [1.82, 2.24) is 9.80 Å². The van der Waals surface area contributed by atoms with Crippen molar-refractivity contribution in [2.24, 2.45) is 5.73 Å². The molecular formula is C12H25N3O2. The molecule has 0 aromatic rings. The van der Waals surface area contributed by atoms with E-state index in [0.717, 1.165) is 26.1 Å². The van der Waals surface area contributed by atoms with E-state index in [1.807, 2.05) is 0 Å². The summed E-state index contributed by atoms with van der Waals surface area (Å²) in [5, 5.41) is 0. The SMILES string of the molecule is CCC1CN(C(CN)CC(=O)N(C)C)CCO1. The lowest BCUT2D eigenvalue weighted by molar-refractivity contribution is -0.130. The van der Waals surface area contributed by atoms with E-state index in [9.17, 15) is 4.79 Å². The summed E-state index contributed by atoms with van der Waals surface area (Å²) in [5.41, 5.74) is 5.79. The molecule has 1 fully saturated rings. The number of rotatable bonds is 5. The first-order valence-corrected chi connectivity index (χ1v) is 6.34. The van der Waals surface area contributed by atoms with Crippen LogP contribution in [0.25, 0.3) is 0 Å². The van der Waals surface area contributed by atoms with E-state index in [1.54, 1.807) is 19.0 Å². The number of morpholine rings is 1. The van der Waals surface area contributed by atoms with Gasteiger partial charge in [0.05, 0.1) is 12.7 Å². The van der Waals surface area contributed by atoms with E-state index in [4.69, 9.17) is 10.5 Å². The smallest absolute Gasteiger partial charge is 0.223 e. The fourth-order valence-corrected chi connectivity index (χ4v) is 2.07. The molecule has 100 valence electrons. The lowest BCUT2D eigenvalue weighted by atomic mass is 10.1. The van der Waals surface area contributed by atoms with E-state index < -0.39 is 0 Å². The topological polar surface area (TPSA) is 58.8 Å². The number of nitrogens with zero attached hydrogens (tertiary/aromatic N) is 2. The predicted octanol–water partition coefficient (Wildman–Crippen LogP) is -0.0972. The van der Waals surface area contributed by atoms with Crippen molar-refractivity contribution in [1.29, 1.82) is 0 Å². The van der Waals surface area contributed by atoms with Crippen LogP contribution in [0.1, 0.15) is 19.8 Å². The van der Waals surface area contributed by atoms with Crippen LogP contribution < -0.4 is 5.73 Å². The molecule has 0 aromatic carbocycles. The molecule has 2 unspecified atom stereocenters. The molecule has 0 aliphatic carbocycles. The molecule has 1 aliphatic heterocycles. The Bertz CT molecular complexity index is 246. The van der Waals surface area contributed by atoms with E-state index in [0.29, 0.717) is 13.0 Å². The van der Waals surface area contributed by atoms with Gasteiger partial charge in [-0.1, -0.05) is 6.92 Å². The van der Waals surface area contributed by atoms with Gasteiger partial charge in [-0.3, -0.25) is 9.69 Å². The first-order chi connectivity index (χ1) is 8.08. The van der Waals surface area contributed by atoms with Gasteiger partial charge in [-0.2, -0.15) is 0 Å². The second-order valence-electron chi connectivity index (χ2n) is 4.78. The summed E-state index contributed by atoms with van der Waals surface area (Å²) >= 11 is 0. The molecule has 2 atom stereocenters. The van der Waals surface area contributed by atoms with Gasteiger partial charge in [0.15, 0.2) is 0 Å². The predicted molar refractivity (Wildman–Crippen MR) is 67.8 cm³/mol. The Morgan fingerprint density at radius 1 is 1.59 bits per heavy atom. The molecule has 17 heavy (non-hydrogen) atoms. The second kappa shape index (κ2) is 6.93. The molecule has 0 aromatic heterocycles. The molecule has 0 saturated carbocycles. The maximum atomic E-state index is 11.7. The standard InChI is InChI=1S/C12H25N3O2/c1-4-11-9-15(5-6-17-11)10(8-13)7-12(16)14(2)3/h10-11H,4-9,13H2,1-3H3. The van der Waals surface area contributed by atoms with Gasteiger partial charge in [0.1, 0.15) is 0 Å². The number of ether oxygens (including phenoxy) is 1. The number of carbonyl (C=O) groups excluding carboxylic acids is 1.